The van der Waals surface area contributed by atoms with Crippen LogP contribution >= 0.6 is 0 Å². The summed E-state index contributed by atoms with van der Waals surface area (Å²) in [5.41, 5.74) is 2.22. The van der Waals surface area contributed by atoms with Crippen molar-refractivity contribution in [2.24, 2.45) is 0 Å². The maximum atomic E-state index is 11.6. The maximum Gasteiger partial charge on any atom is 0.316 e. The molecule has 1 aromatic heterocycles. The lowest BCUT2D eigenvalue weighted by Crippen LogP contribution is -2.00. The molecule has 1 heterocycles. The third-order valence-electron chi connectivity index (χ3n) is 2.97. The third kappa shape index (κ3) is 3.56. The van der Waals surface area contributed by atoms with Crippen molar-refractivity contribution < 1.29 is 14.3 Å². The lowest BCUT2D eigenvalue weighted by atomic mass is 10.0. The van der Waals surface area contributed by atoms with E-state index in [9.17, 15) is 4.79 Å². The Bertz CT molecular complexity index is 624. The van der Waals surface area contributed by atoms with Gasteiger partial charge in [0.05, 0.1) is 13.7 Å². The molecule has 21 heavy (non-hydrogen) atoms. The summed E-state index contributed by atoms with van der Waals surface area (Å²) in [4.78, 5) is 19.8. The number of methoxy groups -OCH3 is 1. The van der Waals surface area contributed by atoms with E-state index in [-0.39, 0.29) is 5.78 Å². The van der Waals surface area contributed by atoms with E-state index >= 15 is 0 Å². The van der Waals surface area contributed by atoms with Crippen molar-refractivity contribution in [2.45, 2.75) is 20.3 Å². The highest BCUT2D eigenvalue weighted by molar-refractivity contribution is 5.95. The van der Waals surface area contributed by atoms with Gasteiger partial charge in [-0.1, -0.05) is 6.92 Å². The average molecular weight is 286 g/mol. The Morgan fingerprint density at radius 1 is 1.24 bits per heavy atom. The summed E-state index contributed by atoms with van der Waals surface area (Å²) in [6, 6.07) is 5.68. The van der Waals surface area contributed by atoms with E-state index in [0.29, 0.717) is 18.2 Å². The standard InChI is InChI=1S/C16H18N2O3/c1-4-7-21-15-6-5-12(11(2)19)8-14(15)13-9-17-16(20-3)18-10-13/h5-6,8-10H,4,7H2,1-3H3. The fraction of sp³-hybridized carbons (Fsp3) is 0.312. The number of carbonyl (C=O) groups is 1. The molecule has 0 aliphatic rings. The Hall–Kier alpha value is -2.43. The van der Waals surface area contributed by atoms with E-state index in [2.05, 4.69) is 9.97 Å². The van der Waals surface area contributed by atoms with Gasteiger partial charge in [0, 0.05) is 29.1 Å². The zero-order valence-corrected chi connectivity index (χ0v) is 12.4. The van der Waals surface area contributed by atoms with E-state index in [4.69, 9.17) is 9.47 Å². The monoisotopic (exact) mass is 286 g/mol. The molecule has 110 valence electrons. The average Bonchev–Trinajstić information content (AvgIpc) is 2.52. The number of hydrogen-bond acceptors (Lipinski definition) is 5. The number of carbonyl (C=O) groups excluding carboxylic acids is 1. The first-order valence-corrected chi connectivity index (χ1v) is 6.80. The normalized spacial score (nSPS) is 10.2. The van der Waals surface area contributed by atoms with Gasteiger partial charge in [0.25, 0.3) is 0 Å². The lowest BCUT2D eigenvalue weighted by molar-refractivity contribution is 0.101. The minimum absolute atomic E-state index is 0.00715. The Kier molecular flexibility index (Phi) is 4.87. The van der Waals surface area contributed by atoms with Gasteiger partial charge in [-0.3, -0.25) is 4.79 Å². The van der Waals surface area contributed by atoms with Crippen LogP contribution in [0.2, 0.25) is 0 Å². The van der Waals surface area contributed by atoms with Crippen molar-refractivity contribution in [1.82, 2.24) is 9.97 Å². The van der Waals surface area contributed by atoms with Crippen molar-refractivity contribution >= 4 is 5.78 Å². The maximum absolute atomic E-state index is 11.6. The summed E-state index contributed by atoms with van der Waals surface area (Å²) in [7, 11) is 1.52. The van der Waals surface area contributed by atoms with Crippen molar-refractivity contribution in [3.05, 3.63) is 36.2 Å². The molecule has 2 aromatic rings. The molecular weight excluding hydrogens is 268 g/mol. The van der Waals surface area contributed by atoms with Crippen LogP contribution in [0.25, 0.3) is 11.1 Å². The van der Waals surface area contributed by atoms with Crippen molar-refractivity contribution in [3.8, 4) is 22.9 Å². The molecule has 0 fully saturated rings. The van der Waals surface area contributed by atoms with Gasteiger partial charge in [0.15, 0.2) is 5.78 Å². The van der Waals surface area contributed by atoms with Crippen LogP contribution in [0.3, 0.4) is 0 Å². The van der Waals surface area contributed by atoms with Crippen LogP contribution in [0.5, 0.6) is 11.8 Å². The molecule has 0 aliphatic carbocycles. The van der Waals surface area contributed by atoms with Crippen LogP contribution < -0.4 is 9.47 Å². The number of hydrogen-bond donors (Lipinski definition) is 0. The number of aromatic nitrogens is 2. The van der Waals surface area contributed by atoms with Crippen LogP contribution in [0.15, 0.2) is 30.6 Å². The first-order chi connectivity index (χ1) is 10.2. The molecular formula is C16H18N2O3. The number of ketones is 1. The Balaban J connectivity index is 2.45. The Morgan fingerprint density at radius 3 is 2.52 bits per heavy atom. The number of Topliss-reactive ketones (excluding diaryl/α,β-unsaturated/α-hetero) is 1. The largest absolute Gasteiger partial charge is 0.493 e. The third-order valence-corrected chi connectivity index (χ3v) is 2.97. The molecule has 0 amide bonds. The van der Waals surface area contributed by atoms with Gasteiger partial charge in [0.2, 0.25) is 0 Å². The second-order valence-electron chi connectivity index (χ2n) is 4.57. The second kappa shape index (κ2) is 6.83. The van der Waals surface area contributed by atoms with Gasteiger partial charge in [-0.25, -0.2) is 9.97 Å². The summed E-state index contributed by atoms with van der Waals surface area (Å²) in [6.45, 7) is 4.19. The molecule has 2 rings (SSSR count). The molecule has 0 N–H and O–H groups in total. The fourth-order valence-electron chi connectivity index (χ4n) is 1.87. The predicted octanol–water partition coefficient (Wildman–Crippen LogP) is 3.14. The molecule has 1 aromatic carbocycles. The second-order valence-corrected chi connectivity index (χ2v) is 4.57. The van der Waals surface area contributed by atoms with E-state index in [1.54, 1.807) is 24.5 Å². The number of nitrogens with zero attached hydrogens (tertiary/aromatic N) is 2. The van der Waals surface area contributed by atoms with E-state index in [1.165, 1.54) is 14.0 Å². The molecule has 0 spiro atoms. The Labute approximate surface area is 124 Å². The molecule has 5 heteroatoms. The quantitative estimate of drug-likeness (QED) is 0.763. The van der Waals surface area contributed by atoms with Gasteiger partial charge in [0.1, 0.15) is 5.75 Å². The summed E-state index contributed by atoms with van der Waals surface area (Å²) in [5.74, 6) is 0.725. The van der Waals surface area contributed by atoms with Gasteiger partial charge in [-0.15, -0.1) is 0 Å². The van der Waals surface area contributed by atoms with Crippen LogP contribution in [0.1, 0.15) is 30.6 Å². The Morgan fingerprint density at radius 2 is 1.95 bits per heavy atom. The molecule has 0 bridgehead atoms. The summed E-state index contributed by atoms with van der Waals surface area (Å²) in [6.07, 6.45) is 4.22. The van der Waals surface area contributed by atoms with Crippen LogP contribution in [-0.2, 0) is 0 Å². The van der Waals surface area contributed by atoms with Crippen LogP contribution in [0, 0.1) is 0 Å². The summed E-state index contributed by atoms with van der Waals surface area (Å²) in [5, 5.41) is 0. The van der Waals surface area contributed by atoms with Gasteiger partial charge >= 0.3 is 6.01 Å². The highest BCUT2D eigenvalue weighted by Gasteiger charge is 2.11. The van der Waals surface area contributed by atoms with Gasteiger partial charge in [-0.05, 0) is 31.5 Å². The van der Waals surface area contributed by atoms with Crippen LogP contribution in [-0.4, -0.2) is 29.5 Å². The molecule has 0 radical (unpaired) electrons. The van der Waals surface area contributed by atoms with E-state index in [1.807, 2.05) is 13.0 Å². The van der Waals surface area contributed by atoms with E-state index < -0.39 is 0 Å². The smallest absolute Gasteiger partial charge is 0.316 e. The SMILES string of the molecule is CCCOc1ccc(C(C)=O)cc1-c1cnc(OC)nc1. The van der Waals surface area contributed by atoms with Gasteiger partial charge in [-0.2, -0.15) is 0 Å². The first kappa shape index (κ1) is 15.0. The first-order valence-electron chi connectivity index (χ1n) is 6.80. The van der Waals surface area contributed by atoms with Crippen molar-refractivity contribution in [1.29, 1.82) is 0 Å². The molecule has 5 nitrogen and oxygen atoms in total. The molecule has 0 aliphatic heterocycles. The highest BCUT2D eigenvalue weighted by Crippen LogP contribution is 2.31. The van der Waals surface area contributed by atoms with E-state index in [0.717, 1.165) is 23.3 Å². The number of ether oxygens (including phenoxy) is 2. The zero-order valence-electron chi connectivity index (χ0n) is 12.4. The predicted molar refractivity (Wildman–Crippen MR) is 79.8 cm³/mol. The molecule has 0 atom stereocenters. The minimum atomic E-state index is 0.00715. The summed E-state index contributed by atoms with van der Waals surface area (Å²) < 4.78 is 10.7. The topological polar surface area (TPSA) is 61.3 Å². The fourth-order valence-corrected chi connectivity index (χ4v) is 1.87. The number of benzene rings is 1. The van der Waals surface area contributed by atoms with Crippen molar-refractivity contribution in [3.63, 3.8) is 0 Å². The summed E-state index contributed by atoms with van der Waals surface area (Å²) >= 11 is 0. The number of rotatable bonds is 6. The van der Waals surface area contributed by atoms with Crippen molar-refractivity contribution in [2.75, 3.05) is 13.7 Å². The zero-order chi connectivity index (χ0) is 15.2. The minimum Gasteiger partial charge on any atom is -0.493 e. The molecule has 0 unspecified atom stereocenters. The van der Waals surface area contributed by atoms with Gasteiger partial charge < -0.3 is 9.47 Å². The highest BCUT2D eigenvalue weighted by atomic mass is 16.5. The lowest BCUT2D eigenvalue weighted by Gasteiger charge is -2.12. The molecule has 0 saturated heterocycles. The molecule has 0 saturated carbocycles. The van der Waals surface area contributed by atoms with Crippen LogP contribution in [0.4, 0.5) is 0 Å².